The summed E-state index contributed by atoms with van der Waals surface area (Å²) >= 11 is 0. The monoisotopic (exact) mass is 596 g/mol. The zero-order valence-electron chi connectivity index (χ0n) is 23.7. The molecule has 43 heavy (non-hydrogen) atoms. The molecule has 2 amide bonds. The predicted molar refractivity (Wildman–Crippen MR) is 153 cm³/mol. The van der Waals surface area contributed by atoms with Crippen LogP contribution in [0.3, 0.4) is 0 Å². The fraction of sp³-hybridized carbons (Fsp3) is 0.312. The van der Waals surface area contributed by atoms with Gasteiger partial charge in [0.25, 0.3) is 11.8 Å². The second-order valence-corrected chi connectivity index (χ2v) is 10.5. The summed E-state index contributed by atoms with van der Waals surface area (Å²) in [5.74, 6) is -0.109. The number of alkyl halides is 3. The van der Waals surface area contributed by atoms with Crippen molar-refractivity contribution in [2.45, 2.75) is 32.6 Å². The van der Waals surface area contributed by atoms with E-state index in [1.165, 1.54) is 30.3 Å². The lowest BCUT2D eigenvalue weighted by Gasteiger charge is -2.36. The molecule has 2 aromatic carbocycles. The Hall–Kier alpha value is -4.54. The number of furan rings is 1. The molecule has 1 aliphatic rings. The number of carbonyl (C=O) groups is 2. The van der Waals surface area contributed by atoms with Crippen molar-refractivity contribution in [1.82, 2.24) is 14.4 Å². The van der Waals surface area contributed by atoms with Crippen LogP contribution in [0, 0.1) is 5.82 Å². The largest absolute Gasteiger partial charge is 0.454 e. The summed E-state index contributed by atoms with van der Waals surface area (Å²) in [6.07, 6.45) is -1.78. The summed E-state index contributed by atoms with van der Waals surface area (Å²) in [4.78, 5) is 31.5. The molecule has 0 saturated carbocycles. The maximum Gasteiger partial charge on any atom is 0.416 e. The zero-order valence-corrected chi connectivity index (χ0v) is 23.7. The number of rotatable bonds is 9. The highest BCUT2D eigenvalue weighted by molar-refractivity contribution is 5.94. The van der Waals surface area contributed by atoms with Gasteiger partial charge in [0, 0.05) is 55.9 Å². The van der Waals surface area contributed by atoms with Gasteiger partial charge < -0.3 is 23.7 Å². The lowest BCUT2D eigenvalue weighted by Crippen LogP contribution is -2.48. The highest BCUT2D eigenvalue weighted by atomic mass is 19.4. The van der Waals surface area contributed by atoms with Crippen LogP contribution < -0.4 is 4.90 Å². The minimum Gasteiger partial charge on any atom is -0.454 e. The summed E-state index contributed by atoms with van der Waals surface area (Å²) in [6, 6.07) is 17.9. The maximum absolute atomic E-state index is 13.4. The average molecular weight is 597 g/mol. The van der Waals surface area contributed by atoms with E-state index in [1.54, 1.807) is 28.0 Å². The van der Waals surface area contributed by atoms with Crippen molar-refractivity contribution in [1.29, 1.82) is 0 Å². The van der Waals surface area contributed by atoms with E-state index in [-0.39, 0.29) is 17.6 Å². The molecule has 11 heteroatoms. The Morgan fingerprint density at radius 1 is 0.930 bits per heavy atom. The van der Waals surface area contributed by atoms with Crippen LogP contribution in [0.1, 0.15) is 51.3 Å². The number of nitrogens with zero attached hydrogens (tertiary/aromatic N) is 4. The van der Waals surface area contributed by atoms with E-state index < -0.39 is 17.6 Å². The zero-order chi connectivity index (χ0) is 30.6. The van der Waals surface area contributed by atoms with E-state index in [4.69, 9.17) is 4.42 Å². The number of aromatic nitrogens is 1. The summed E-state index contributed by atoms with van der Waals surface area (Å²) in [7, 11) is 0. The fourth-order valence-corrected chi connectivity index (χ4v) is 5.19. The molecule has 0 radical (unpaired) electrons. The summed E-state index contributed by atoms with van der Waals surface area (Å²) in [6.45, 7) is 4.71. The quantitative estimate of drug-likeness (QED) is 0.213. The van der Waals surface area contributed by atoms with Crippen molar-refractivity contribution in [3.63, 3.8) is 0 Å². The Balaban J connectivity index is 1.20. The molecule has 2 aromatic heterocycles. The van der Waals surface area contributed by atoms with Crippen LogP contribution in [0.15, 0.2) is 83.4 Å². The highest BCUT2D eigenvalue weighted by Gasteiger charge is 2.31. The molecule has 226 valence electrons. The number of halogens is 4. The van der Waals surface area contributed by atoms with Crippen molar-refractivity contribution in [3.05, 3.63) is 113 Å². The number of piperazine rings is 1. The summed E-state index contributed by atoms with van der Waals surface area (Å²) < 4.78 is 60.6. The number of hydrogen-bond donors (Lipinski definition) is 0. The van der Waals surface area contributed by atoms with Gasteiger partial charge >= 0.3 is 6.18 Å². The average Bonchev–Trinajstić information content (AvgIpc) is 3.66. The standard InChI is InChI=1S/C32H32F4N4O3/c1-2-14-40(30(41)23-8-10-25(33)11-9-23)21-27-7-4-15-39(27)22-28-12-13-29(43-28)31(42)38-18-16-37(17-19-38)26-6-3-5-24(20-26)32(34,35)36/h3-13,15,20H,2,14,16-19,21-22H2,1H3. The molecule has 4 aromatic rings. The Labute approximate surface area is 246 Å². The van der Waals surface area contributed by atoms with Gasteiger partial charge in [0.1, 0.15) is 11.6 Å². The van der Waals surface area contributed by atoms with Gasteiger partial charge in [-0.3, -0.25) is 9.59 Å². The Bertz CT molecular complexity index is 1550. The second kappa shape index (κ2) is 12.8. The third-order valence-electron chi connectivity index (χ3n) is 7.45. The first-order valence-electron chi connectivity index (χ1n) is 14.1. The summed E-state index contributed by atoms with van der Waals surface area (Å²) in [5, 5.41) is 0. The lowest BCUT2D eigenvalue weighted by molar-refractivity contribution is -0.137. The van der Waals surface area contributed by atoms with Gasteiger partial charge in [-0.1, -0.05) is 13.0 Å². The minimum atomic E-state index is -4.41. The van der Waals surface area contributed by atoms with E-state index in [0.717, 1.165) is 24.2 Å². The molecule has 0 aliphatic carbocycles. The van der Waals surface area contributed by atoms with Crippen LogP contribution in [0.2, 0.25) is 0 Å². The molecular weight excluding hydrogens is 564 g/mol. The Morgan fingerprint density at radius 3 is 2.37 bits per heavy atom. The van der Waals surface area contributed by atoms with E-state index in [1.807, 2.05) is 34.7 Å². The molecule has 0 bridgehead atoms. The molecule has 1 fully saturated rings. The molecule has 5 rings (SSSR count). The van der Waals surface area contributed by atoms with Crippen LogP contribution in [0.4, 0.5) is 23.2 Å². The first kappa shape index (κ1) is 29.9. The Kier molecular flexibility index (Phi) is 8.89. The molecule has 0 atom stereocenters. The third kappa shape index (κ3) is 7.10. The molecule has 0 unspecified atom stereocenters. The van der Waals surface area contributed by atoms with Crippen molar-refractivity contribution in [3.8, 4) is 0 Å². The third-order valence-corrected chi connectivity index (χ3v) is 7.45. The number of benzene rings is 2. The minimum absolute atomic E-state index is 0.186. The molecule has 0 N–H and O–H groups in total. The second-order valence-electron chi connectivity index (χ2n) is 10.5. The van der Waals surface area contributed by atoms with Gasteiger partial charge in [0.2, 0.25) is 0 Å². The molecule has 0 spiro atoms. The predicted octanol–water partition coefficient (Wildman–Crippen LogP) is 6.30. The number of anilines is 1. The van der Waals surface area contributed by atoms with Gasteiger partial charge in [0.05, 0.1) is 18.7 Å². The first-order chi connectivity index (χ1) is 20.6. The van der Waals surface area contributed by atoms with Gasteiger partial charge in [-0.15, -0.1) is 0 Å². The van der Waals surface area contributed by atoms with Crippen LogP contribution in [0.25, 0.3) is 0 Å². The molecule has 7 nitrogen and oxygen atoms in total. The van der Waals surface area contributed by atoms with Gasteiger partial charge in [-0.25, -0.2) is 4.39 Å². The van der Waals surface area contributed by atoms with Gasteiger partial charge in [-0.2, -0.15) is 13.2 Å². The molecular formula is C32H32F4N4O3. The normalized spacial score (nSPS) is 13.8. The lowest BCUT2D eigenvalue weighted by atomic mass is 10.1. The van der Waals surface area contributed by atoms with Crippen LogP contribution >= 0.6 is 0 Å². The van der Waals surface area contributed by atoms with E-state index >= 15 is 0 Å². The smallest absolute Gasteiger partial charge is 0.416 e. The number of amides is 2. The number of carbonyl (C=O) groups excluding carboxylic acids is 2. The van der Waals surface area contributed by atoms with E-state index in [0.29, 0.717) is 62.8 Å². The van der Waals surface area contributed by atoms with Crippen molar-refractivity contribution >= 4 is 17.5 Å². The van der Waals surface area contributed by atoms with Crippen LogP contribution in [-0.2, 0) is 19.3 Å². The Morgan fingerprint density at radius 2 is 1.67 bits per heavy atom. The summed E-state index contributed by atoms with van der Waals surface area (Å²) in [5.41, 5.74) is 1.06. The molecule has 1 saturated heterocycles. The highest BCUT2D eigenvalue weighted by Crippen LogP contribution is 2.32. The van der Waals surface area contributed by atoms with Crippen LogP contribution in [-0.4, -0.2) is 58.9 Å². The fourth-order valence-electron chi connectivity index (χ4n) is 5.19. The van der Waals surface area contributed by atoms with Gasteiger partial charge in [0.15, 0.2) is 5.76 Å². The van der Waals surface area contributed by atoms with Crippen molar-refractivity contribution in [2.24, 2.45) is 0 Å². The SMILES string of the molecule is CCCN(Cc1cccn1Cc1ccc(C(=O)N2CCN(c3cccc(C(F)(F)F)c3)CC2)o1)C(=O)c1ccc(F)cc1. The van der Waals surface area contributed by atoms with Crippen LogP contribution in [0.5, 0.6) is 0 Å². The molecule has 1 aliphatic heterocycles. The molecule has 3 heterocycles. The van der Waals surface area contributed by atoms with E-state index in [2.05, 4.69) is 0 Å². The van der Waals surface area contributed by atoms with Crippen molar-refractivity contribution < 1.29 is 31.6 Å². The maximum atomic E-state index is 13.4. The number of hydrogen-bond acceptors (Lipinski definition) is 4. The topological polar surface area (TPSA) is 61.9 Å². The van der Waals surface area contributed by atoms with E-state index in [9.17, 15) is 27.2 Å². The van der Waals surface area contributed by atoms with Crippen molar-refractivity contribution in [2.75, 3.05) is 37.6 Å². The first-order valence-corrected chi connectivity index (χ1v) is 14.1. The van der Waals surface area contributed by atoms with Gasteiger partial charge in [-0.05, 0) is 73.2 Å².